The topological polar surface area (TPSA) is 81.7 Å². The first-order valence-electron chi connectivity index (χ1n) is 6.03. The van der Waals surface area contributed by atoms with E-state index >= 15 is 0 Å². The van der Waals surface area contributed by atoms with E-state index in [0.717, 1.165) is 29.8 Å². The van der Waals surface area contributed by atoms with Crippen LogP contribution in [0.3, 0.4) is 0 Å². The van der Waals surface area contributed by atoms with Gasteiger partial charge in [-0.25, -0.2) is 10.1 Å². The lowest BCUT2D eigenvalue weighted by atomic mass is 10.0. The Labute approximate surface area is 106 Å². The molecule has 2 aromatic rings. The highest BCUT2D eigenvalue weighted by Crippen LogP contribution is 2.22. The largest absolute Gasteiger partial charge is 0.271 e. The first-order valence-corrected chi connectivity index (χ1v) is 6.03. The number of nitrogens with one attached hydrogen (secondary N) is 1. The van der Waals surface area contributed by atoms with Gasteiger partial charge >= 0.3 is 0 Å². The van der Waals surface area contributed by atoms with Crippen LogP contribution in [-0.2, 0) is 6.54 Å². The Hall–Kier alpha value is -1.79. The van der Waals surface area contributed by atoms with Crippen molar-refractivity contribution in [2.75, 3.05) is 0 Å². The summed E-state index contributed by atoms with van der Waals surface area (Å²) in [7, 11) is 0. The van der Waals surface area contributed by atoms with E-state index in [4.69, 9.17) is 5.84 Å². The number of nitrogens with zero attached hydrogens (tertiary/aromatic N) is 4. The minimum atomic E-state index is -0.139. The van der Waals surface area contributed by atoms with Crippen molar-refractivity contribution in [1.82, 2.24) is 25.4 Å². The van der Waals surface area contributed by atoms with Crippen LogP contribution in [0.4, 0.5) is 0 Å². The van der Waals surface area contributed by atoms with E-state index in [9.17, 15) is 0 Å². The summed E-state index contributed by atoms with van der Waals surface area (Å²) in [6.07, 6.45) is 6.34. The maximum Gasteiger partial charge on any atom is 0.0912 e. The molecule has 1 unspecified atom stereocenters. The first-order chi connectivity index (χ1) is 8.77. The van der Waals surface area contributed by atoms with Crippen molar-refractivity contribution in [3.05, 3.63) is 41.5 Å². The summed E-state index contributed by atoms with van der Waals surface area (Å²) in [5, 5.41) is 8.04. The summed E-state index contributed by atoms with van der Waals surface area (Å²) < 4.78 is 1.87. The molecule has 0 fully saturated rings. The van der Waals surface area contributed by atoms with Gasteiger partial charge in [0, 0.05) is 18.9 Å². The minimum Gasteiger partial charge on any atom is -0.271 e. The van der Waals surface area contributed by atoms with Crippen LogP contribution < -0.4 is 11.3 Å². The smallest absolute Gasteiger partial charge is 0.0912 e. The van der Waals surface area contributed by atoms with Gasteiger partial charge in [-0.2, -0.15) is 0 Å². The van der Waals surface area contributed by atoms with Crippen molar-refractivity contribution in [2.24, 2.45) is 5.84 Å². The van der Waals surface area contributed by atoms with Crippen molar-refractivity contribution < 1.29 is 0 Å². The summed E-state index contributed by atoms with van der Waals surface area (Å²) >= 11 is 0. The van der Waals surface area contributed by atoms with Gasteiger partial charge in [-0.1, -0.05) is 12.1 Å². The van der Waals surface area contributed by atoms with Crippen LogP contribution >= 0.6 is 0 Å². The Morgan fingerprint density at radius 3 is 2.94 bits per heavy atom. The van der Waals surface area contributed by atoms with Gasteiger partial charge in [0.05, 0.1) is 17.9 Å². The molecule has 96 valence electrons. The Bertz CT molecular complexity index is 507. The third-order valence-corrected chi connectivity index (χ3v) is 2.94. The van der Waals surface area contributed by atoms with E-state index in [1.807, 2.05) is 23.9 Å². The summed E-state index contributed by atoms with van der Waals surface area (Å²) in [5.74, 6) is 5.68. The third-order valence-electron chi connectivity index (χ3n) is 2.94. The second kappa shape index (κ2) is 5.70. The minimum absolute atomic E-state index is 0.139. The average molecular weight is 246 g/mol. The first kappa shape index (κ1) is 12.7. The fraction of sp³-hybridized carbons (Fsp3) is 0.417. The normalized spacial score (nSPS) is 12.6. The number of rotatable bonds is 5. The van der Waals surface area contributed by atoms with E-state index in [2.05, 4.69) is 27.6 Å². The molecule has 0 aliphatic heterocycles. The monoisotopic (exact) mass is 246 g/mol. The molecule has 18 heavy (non-hydrogen) atoms. The van der Waals surface area contributed by atoms with Crippen molar-refractivity contribution in [3.63, 3.8) is 0 Å². The molecule has 0 aliphatic carbocycles. The fourth-order valence-electron chi connectivity index (χ4n) is 1.99. The number of hydrazine groups is 1. The highest BCUT2D eigenvalue weighted by atomic mass is 15.4. The maximum absolute atomic E-state index is 5.68. The zero-order valence-electron chi connectivity index (χ0n) is 10.7. The molecule has 0 amide bonds. The lowest BCUT2D eigenvalue weighted by Gasteiger charge is -2.18. The predicted octanol–water partition coefficient (Wildman–Crippen LogP) is 0.944. The lowest BCUT2D eigenvalue weighted by molar-refractivity contribution is 0.510. The number of pyridine rings is 1. The summed E-state index contributed by atoms with van der Waals surface area (Å²) in [5.41, 5.74) is 5.95. The van der Waals surface area contributed by atoms with Gasteiger partial charge in [-0.05, 0) is 30.5 Å². The SMILES string of the molecule is CCCn1nncc1C(NN)c1cnccc1C. The standard InChI is InChI=1S/C12H18N6/c1-3-6-18-11(8-15-17-18)12(16-13)10-7-14-5-4-9(10)2/h4-5,7-8,12,16H,3,6,13H2,1-2H3. The van der Waals surface area contributed by atoms with Crippen molar-refractivity contribution >= 4 is 0 Å². The highest BCUT2D eigenvalue weighted by molar-refractivity contribution is 5.30. The summed E-state index contributed by atoms with van der Waals surface area (Å²) in [4.78, 5) is 4.15. The van der Waals surface area contributed by atoms with Crippen LogP contribution in [-0.4, -0.2) is 20.0 Å². The number of hydrogen-bond acceptors (Lipinski definition) is 5. The molecule has 0 radical (unpaired) electrons. The zero-order valence-corrected chi connectivity index (χ0v) is 10.7. The molecule has 6 nitrogen and oxygen atoms in total. The van der Waals surface area contributed by atoms with Gasteiger partial charge in [0.15, 0.2) is 0 Å². The van der Waals surface area contributed by atoms with Crippen LogP contribution in [0.1, 0.15) is 36.2 Å². The molecule has 0 aromatic carbocycles. The van der Waals surface area contributed by atoms with Gasteiger partial charge in [0.1, 0.15) is 0 Å². The Kier molecular flexibility index (Phi) is 4.01. The van der Waals surface area contributed by atoms with Gasteiger partial charge in [0.2, 0.25) is 0 Å². The summed E-state index contributed by atoms with van der Waals surface area (Å²) in [6, 6.07) is 1.83. The van der Waals surface area contributed by atoms with Crippen molar-refractivity contribution in [2.45, 2.75) is 32.9 Å². The van der Waals surface area contributed by atoms with E-state index in [1.54, 1.807) is 12.4 Å². The molecule has 2 aromatic heterocycles. The molecule has 6 heteroatoms. The molecule has 3 N–H and O–H groups in total. The second-order valence-electron chi connectivity index (χ2n) is 4.21. The van der Waals surface area contributed by atoms with Crippen molar-refractivity contribution in [3.8, 4) is 0 Å². The Balaban J connectivity index is 2.39. The molecular formula is C12H18N6. The van der Waals surface area contributed by atoms with Crippen LogP contribution in [0, 0.1) is 6.92 Å². The van der Waals surface area contributed by atoms with Crippen LogP contribution in [0.25, 0.3) is 0 Å². The zero-order chi connectivity index (χ0) is 13.0. The quantitative estimate of drug-likeness (QED) is 0.606. The molecule has 0 saturated carbocycles. The van der Waals surface area contributed by atoms with E-state index in [1.165, 1.54) is 0 Å². The highest BCUT2D eigenvalue weighted by Gasteiger charge is 2.19. The van der Waals surface area contributed by atoms with Crippen molar-refractivity contribution in [1.29, 1.82) is 0 Å². The van der Waals surface area contributed by atoms with Crippen LogP contribution in [0.15, 0.2) is 24.7 Å². The number of aryl methyl sites for hydroxylation is 2. The number of nitrogens with two attached hydrogens (primary N) is 1. The Morgan fingerprint density at radius 2 is 2.28 bits per heavy atom. The molecular weight excluding hydrogens is 228 g/mol. The maximum atomic E-state index is 5.68. The second-order valence-corrected chi connectivity index (χ2v) is 4.21. The van der Waals surface area contributed by atoms with Gasteiger partial charge < -0.3 is 0 Å². The predicted molar refractivity (Wildman–Crippen MR) is 68.5 cm³/mol. The number of aromatic nitrogens is 4. The molecule has 0 aliphatic rings. The fourth-order valence-corrected chi connectivity index (χ4v) is 1.99. The van der Waals surface area contributed by atoms with Gasteiger partial charge in [-0.15, -0.1) is 5.10 Å². The molecule has 2 heterocycles. The summed E-state index contributed by atoms with van der Waals surface area (Å²) in [6.45, 7) is 4.97. The molecule has 0 spiro atoms. The van der Waals surface area contributed by atoms with E-state index < -0.39 is 0 Å². The molecule has 0 saturated heterocycles. The Morgan fingerprint density at radius 1 is 1.44 bits per heavy atom. The van der Waals surface area contributed by atoms with E-state index in [0.29, 0.717) is 0 Å². The average Bonchev–Trinajstić information content (AvgIpc) is 2.82. The lowest BCUT2D eigenvalue weighted by Crippen LogP contribution is -2.31. The van der Waals surface area contributed by atoms with Gasteiger partial charge in [0.25, 0.3) is 0 Å². The van der Waals surface area contributed by atoms with Gasteiger partial charge in [-0.3, -0.25) is 10.8 Å². The molecule has 0 bridgehead atoms. The molecule has 1 atom stereocenters. The third kappa shape index (κ3) is 2.39. The van der Waals surface area contributed by atoms with E-state index in [-0.39, 0.29) is 6.04 Å². The number of hydrogen-bond donors (Lipinski definition) is 2. The van der Waals surface area contributed by atoms with Crippen LogP contribution in [0.2, 0.25) is 0 Å². The van der Waals surface area contributed by atoms with Crippen LogP contribution in [0.5, 0.6) is 0 Å². The molecule has 2 rings (SSSR count).